The van der Waals surface area contributed by atoms with Crippen molar-refractivity contribution in [3.05, 3.63) is 82.4 Å². The van der Waals surface area contributed by atoms with Crippen molar-refractivity contribution in [1.29, 1.82) is 0 Å². The van der Waals surface area contributed by atoms with Crippen LogP contribution in [0.4, 0.5) is 14.6 Å². The molecule has 2 aromatic carbocycles. The largest absolute Gasteiger partial charge is 0.504 e. The topological polar surface area (TPSA) is 216 Å². The monoisotopic (exact) mass is 727 g/mol. The van der Waals surface area contributed by atoms with Gasteiger partial charge in [-0.25, -0.2) is 4.79 Å². The number of methoxy groups -OCH3 is 2. The molecule has 17 heteroatoms. The number of nitrogens with zero attached hydrogens (tertiary/aromatic N) is 2. The Hall–Kier alpha value is -5.94. The highest BCUT2D eigenvalue weighted by Crippen LogP contribution is 2.42. The first-order valence-corrected chi connectivity index (χ1v) is 15.6. The number of aliphatic hydroxyl groups is 1. The summed E-state index contributed by atoms with van der Waals surface area (Å²) >= 11 is 0. The number of aliphatic hydroxyl groups excluding tert-OH is 1. The number of hydrogen-bond acceptors (Lipinski definition) is 14. The highest BCUT2D eigenvalue weighted by atomic mass is 19.3. The van der Waals surface area contributed by atoms with E-state index in [1.165, 1.54) is 62.8 Å². The number of carbonyl (C=O) groups excluding carboxylic acids is 4. The van der Waals surface area contributed by atoms with Gasteiger partial charge in [-0.15, -0.1) is 0 Å². The van der Waals surface area contributed by atoms with Gasteiger partial charge in [0, 0.05) is 19.0 Å². The van der Waals surface area contributed by atoms with Crippen LogP contribution in [0, 0.1) is 0 Å². The van der Waals surface area contributed by atoms with Crippen LogP contribution in [0.3, 0.4) is 0 Å². The van der Waals surface area contributed by atoms with Crippen LogP contribution in [0.5, 0.6) is 23.0 Å². The number of alkyl halides is 2. The molecule has 0 aliphatic carbocycles. The maximum absolute atomic E-state index is 14.7. The molecule has 0 spiro atoms. The van der Waals surface area contributed by atoms with Gasteiger partial charge in [-0.05, 0) is 60.0 Å². The third-order valence-electron chi connectivity index (χ3n) is 7.54. The lowest BCUT2D eigenvalue weighted by Gasteiger charge is -2.20. The van der Waals surface area contributed by atoms with Crippen LogP contribution in [-0.4, -0.2) is 82.2 Å². The molecule has 4 rings (SSSR count). The number of hydrogen-bond donors (Lipinski definition) is 3. The molecule has 1 saturated heterocycles. The number of halogens is 2. The average molecular weight is 728 g/mol. The third-order valence-corrected chi connectivity index (χ3v) is 7.54. The molecule has 1 aliphatic rings. The van der Waals surface area contributed by atoms with Gasteiger partial charge in [-0.2, -0.15) is 13.8 Å². The number of benzene rings is 2. The number of aromatic nitrogens is 2. The van der Waals surface area contributed by atoms with Crippen molar-refractivity contribution in [3.8, 4) is 23.0 Å². The van der Waals surface area contributed by atoms with Crippen LogP contribution >= 0.6 is 0 Å². The van der Waals surface area contributed by atoms with Crippen LogP contribution in [0.25, 0.3) is 12.2 Å². The third kappa shape index (κ3) is 10.1. The fourth-order valence-corrected chi connectivity index (χ4v) is 4.85. The van der Waals surface area contributed by atoms with Crippen molar-refractivity contribution in [2.24, 2.45) is 0 Å². The lowest BCUT2D eigenvalue weighted by Crippen LogP contribution is -2.42. The molecule has 1 aliphatic heterocycles. The van der Waals surface area contributed by atoms with Gasteiger partial charge in [0.1, 0.15) is 18.5 Å². The Bertz CT molecular complexity index is 1930. The van der Waals surface area contributed by atoms with Crippen molar-refractivity contribution >= 4 is 41.5 Å². The molecule has 2 heterocycles. The minimum Gasteiger partial charge on any atom is -0.504 e. The van der Waals surface area contributed by atoms with Gasteiger partial charge in [0.25, 0.3) is 0 Å². The molecule has 0 bridgehead atoms. The Balaban J connectivity index is 1.21. The lowest BCUT2D eigenvalue weighted by molar-refractivity contribution is -0.150. The average Bonchev–Trinajstić information content (AvgIpc) is 3.33. The number of nitrogen functional groups attached to an aromatic ring is 1. The lowest BCUT2D eigenvalue weighted by atomic mass is 10.1. The minimum absolute atomic E-state index is 0.0285. The maximum atomic E-state index is 14.7. The minimum atomic E-state index is -3.92. The van der Waals surface area contributed by atoms with Crippen molar-refractivity contribution in [2.45, 2.75) is 50.0 Å². The van der Waals surface area contributed by atoms with E-state index in [0.29, 0.717) is 15.7 Å². The van der Waals surface area contributed by atoms with E-state index in [0.717, 1.165) is 12.3 Å². The molecule has 52 heavy (non-hydrogen) atoms. The van der Waals surface area contributed by atoms with Crippen LogP contribution in [0.1, 0.15) is 43.0 Å². The van der Waals surface area contributed by atoms with Crippen LogP contribution in [0.2, 0.25) is 0 Å². The van der Waals surface area contributed by atoms with E-state index in [1.54, 1.807) is 12.1 Å². The Kier molecular flexibility index (Phi) is 12.9. The second-order valence-corrected chi connectivity index (χ2v) is 11.3. The predicted molar refractivity (Wildman–Crippen MR) is 179 cm³/mol. The van der Waals surface area contributed by atoms with Gasteiger partial charge in [-0.1, -0.05) is 24.3 Å². The first-order valence-electron chi connectivity index (χ1n) is 15.6. The molecule has 3 unspecified atom stereocenters. The standard InChI is InChI=1S/C35H35F2N3O12/c1-48-26-16-20(8-12-24(26)43)6-10-22(41)18-23(42)11-7-21-9-13-25(27(17-21)49-2)51-31(45)5-3-4-30(44)50-19-28-32(46)35(36,37)33(52-28)40-15-14-29(38)39-34(40)47/h6-17,28,32-33,43,46H,3-5,18-19H2,1-2H3,(H2,38,39,47)/b10-6+,11-7+. The molecule has 3 atom stereocenters. The summed E-state index contributed by atoms with van der Waals surface area (Å²) in [5.41, 5.74) is 5.35. The molecule has 15 nitrogen and oxygen atoms in total. The zero-order valence-electron chi connectivity index (χ0n) is 27.9. The first kappa shape index (κ1) is 38.9. The van der Waals surface area contributed by atoms with E-state index in [-0.39, 0.29) is 54.5 Å². The number of phenols is 1. The number of esters is 2. The molecular formula is C35H35F2N3O12. The van der Waals surface area contributed by atoms with Crippen LogP contribution < -0.4 is 25.6 Å². The van der Waals surface area contributed by atoms with Crippen molar-refractivity contribution in [3.63, 3.8) is 0 Å². The zero-order chi connectivity index (χ0) is 38.0. The van der Waals surface area contributed by atoms with E-state index in [4.69, 9.17) is 29.4 Å². The van der Waals surface area contributed by atoms with Gasteiger partial charge in [0.2, 0.25) is 6.23 Å². The number of aromatic hydroxyl groups is 1. The van der Waals surface area contributed by atoms with Crippen molar-refractivity contribution < 1.29 is 61.9 Å². The Morgan fingerprint density at radius 2 is 1.56 bits per heavy atom. The van der Waals surface area contributed by atoms with Crippen LogP contribution in [0.15, 0.2) is 65.6 Å². The summed E-state index contributed by atoms with van der Waals surface area (Å²) in [6, 6.07) is 10.1. The number of ether oxygens (including phenoxy) is 5. The fourth-order valence-electron chi connectivity index (χ4n) is 4.85. The van der Waals surface area contributed by atoms with Crippen molar-refractivity contribution in [1.82, 2.24) is 9.55 Å². The quantitative estimate of drug-likeness (QED) is 0.0837. The SMILES string of the molecule is COc1cc(/C=C/C(=O)CC(=O)/C=C/c2ccc(OC(=O)CCCC(=O)OCC3OC(n4ccc(N)nc4=O)C(F)(F)C3O)c(OC)c2)ccc1O. The van der Waals surface area contributed by atoms with E-state index in [9.17, 15) is 43.0 Å². The number of carbonyl (C=O) groups is 4. The summed E-state index contributed by atoms with van der Waals surface area (Å²) in [5, 5.41) is 19.7. The molecule has 1 fully saturated rings. The summed E-state index contributed by atoms with van der Waals surface area (Å²) in [5.74, 6) is -6.19. The number of allylic oxidation sites excluding steroid dienone is 2. The normalized spacial score (nSPS) is 18.0. The van der Waals surface area contributed by atoms with E-state index >= 15 is 0 Å². The number of ketones is 2. The summed E-state index contributed by atoms with van der Waals surface area (Å²) in [6.07, 6.45) is -0.853. The van der Waals surface area contributed by atoms with E-state index in [2.05, 4.69) is 4.98 Å². The Morgan fingerprint density at radius 3 is 2.19 bits per heavy atom. The highest BCUT2D eigenvalue weighted by molar-refractivity contribution is 6.10. The molecular weight excluding hydrogens is 692 g/mol. The molecule has 276 valence electrons. The van der Waals surface area contributed by atoms with Gasteiger partial charge >= 0.3 is 23.6 Å². The summed E-state index contributed by atoms with van der Waals surface area (Å²) in [6.45, 7) is -0.748. The second-order valence-electron chi connectivity index (χ2n) is 11.3. The molecule has 4 N–H and O–H groups in total. The summed E-state index contributed by atoms with van der Waals surface area (Å²) in [7, 11) is 2.73. The zero-order valence-corrected chi connectivity index (χ0v) is 27.9. The summed E-state index contributed by atoms with van der Waals surface area (Å²) < 4.78 is 55.5. The molecule has 0 radical (unpaired) electrons. The highest BCUT2D eigenvalue weighted by Gasteiger charge is 2.60. The van der Waals surface area contributed by atoms with E-state index < -0.39 is 60.2 Å². The second kappa shape index (κ2) is 17.3. The number of nitrogens with two attached hydrogens (primary N) is 1. The Labute approximate surface area is 294 Å². The van der Waals surface area contributed by atoms with Gasteiger partial charge < -0.3 is 39.6 Å². The number of rotatable bonds is 16. The molecule has 1 aromatic heterocycles. The van der Waals surface area contributed by atoms with Crippen molar-refractivity contribution in [2.75, 3.05) is 26.6 Å². The van der Waals surface area contributed by atoms with Gasteiger partial charge in [-0.3, -0.25) is 23.7 Å². The number of anilines is 1. The predicted octanol–water partition coefficient (Wildman–Crippen LogP) is 3.02. The molecule has 0 saturated carbocycles. The van der Waals surface area contributed by atoms with Gasteiger partial charge in [0.05, 0.1) is 20.6 Å². The maximum Gasteiger partial charge on any atom is 0.351 e. The Morgan fingerprint density at radius 1 is 0.942 bits per heavy atom. The smallest absolute Gasteiger partial charge is 0.351 e. The summed E-state index contributed by atoms with van der Waals surface area (Å²) in [4.78, 5) is 64.6. The van der Waals surface area contributed by atoms with Gasteiger partial charge in [0.15, 0.2) is 40.7 Å². The van der Waals surface area contributed by atoms with E-state index in [1.807, 2.05) is 0 Å². The fraction of sp³-hybridized carbons (Fsp3) is 0.314. The number of phenolic OH excluding ortho intramolecular Hbond substituents is 1. The molecule has 0 amide bonds. The first-order chi connectivity index (χ1) is 24.7. The molecule has 3 aromatic rings. The van der Waals surface area contributed by atoms with Crippen LogP contribution in [-0.2, 0) is 28.7 Å².